The highest BCUT2D eigenvalue weighted by molar-refractivity contribution is 8.76. The molecule has 4 nitrogen and oxygen atoms in total. The number of fused-ring (bicyclic) bond motifs is 4. The van der Waals surface area contributed by atoms with Crippen molar-refractivity contribution >= 4 is 33.7 Å². The van der Waals surface area contributed by atoms with Crippen molar-refractivity contribution in [3.05, 3.63) is 64.7 Å². The van der Waals surface area contributed by atoms with Gasteiger partial charge < -0.3 is 4.74 Å². The van der Waals surface area contributed by atoms with Crippen molar-refractivity contribution in [2.75, 3.05) is 5.70 Å². The van der Waals surface area contributed by atoms with Crippen LogP contribution in [0.3, 0.4) is 0 Å². The third-order valence-corrected chi connectivity index (χ3v) is 5.60. The summed E-state index contributed by atoms with van der Waals surface area (Å²) < 4.78 is 39.1. The Kier molecular flexibility index (Phi) is 6.57. The molecule has 150 valence electrons. The Morgan fingerprint density at radius 3 is 2.93 bits per heavy atom. The van der Waals surface area contributed by atoms with Crippen LogP contribution in [0.15, 0.2) is 47.6 Å². The second kappa shape index (κ2) is 11.6. The first-order valence-electron chi connectivity index (χ1n) is 11.2. The van der Waals surface area contributed by atoms with Crippen molar-refractivity contribution in [1.29, 1.82) is 0 Å². The maximum atomic E-state index is 12.0. The van der Waals surface area contributed by atoms with Gasteiger partial charge in [-0.3, -0.25) is 4.79 Å². The van der Waals surface area contributed by atoms with Gasteiger partial charge in [0.25, 0.3) is 0 Å². The zero-order valence-electron chi connectivity index (χ0n) is 19.8. The number of carbonyl (C=O) groups excluding carboxylic acids is 1. The first kappa shape index (κ1) is 16.4. The Labute approximate surface area is 185 Å². The number of amides is 1. The van der Waals surface area contributed by atoms with Gasteiger partial charge >= 0.3 is 0 Å². The minimum Gasteiger partial charge on any atom is -0.489 e. The lowest BCUT2D eigenvalue weighted by atomic mass is 10.1. The zero-order valence-corrected chi connectivity index (χ0v) is 17.4. The van der Waals surface area contributed by atoms with Gasteiger partial charge in [-0.1, -0.05) is 58.2 Å². The van der Waals surface area contributed by atoms with Gasteiger partial charge in [0.05, 0.1) is 6.21 Å². The SMILES string of the molecule is [2H]C1([2H])CCCCC(=O)N/N=C/c2cc(C#C)cc(c2)OCc2cccc(c2)C([2H])([2H])SS1. The molecular weight excluding hydrogens is 400 g/mol. The molecule has 2 aromatic carbocycles. The van der Waals surface area contributed by atoms with E-state index < -0.39 is 11.4 Å². The molecule has 1 aliphatic rings. The Morgan fingerprint density at radius 2 is 2.03 bits per heavy atom. The third kappa shape index (κ3) is 7.52. The van der Waals surface area contributed by atoms with Crippen molar-refractivity contribution in [3.63, 3.8) is 0 Å². The monoisotopic (exact) mass is 428 g/mol. The summed E-state index contributed by atoms with van der Waals surface area (Å²) in [5.41, 5.74) is 1.55. The largest absolute Gasteiger partial charge is 0.489 e. The molecule has 1 N–H and O–H groups in total. The summed E-state index contributed by atoms with van der Waals surface area (Å²) in [6, 6.07) is 12.2. The summed E-state index contributed by atoms with van der Waals surface area (Å²) in [4.78, 5) is 12.0. The minimum absolute atomic E-state index is 0.198. The molecule has 0 aromatic heterocycles. The van der Waals surface area contributed by atoms with E-state index in [9.17, 15) is 4.79 Å². The number of rotatable bonds is 0. The molecule has 3 rings (SSSR count). The predicted octanol–water partition coefficient (Wildman–Crippen LogP) is 5.15. The maximum absolute atomic E-state index is 12.0. The van der Waals surface area contributed by atoms with Crippen LogP contribution in [0.2, 0.25) is 0 Å². The molecule has 0 atom stereocenters. The maximum Gasteiger partial charge on any atom is 0.240 e. The minimum atomic E-state index is -1.79. The molecular formula is C23H24N2O2S2. The number of hydrogen-bond donors (Lipinski definition) is 1. The van der Waals surface area contributed by atoms with Crippen molar-refractivity contribution in [2.45, 2.75) is 38.0 Å². The first-order chi connectivity index (χ1) is 15.7. The van der Waals surface area contributed by atoms with Crippen molar-refractivity contribution in [2.24, 2.45) is 5.10 Å². The topological polar surface area (TPSA) is 50.7 Å². The summed E-state index contributed by atoms with van der Waals surface area (Å²) in [6.45, 7) is 0.198. The number of carbonyl (C=O) groups is 1. The van der Waals surface area contributed by atoms with Gasteiger partial charge in [-0.25, -0.2) is 5.43 Å². The van der Waals surface area contributed by atoms with Crippen LogP contribution < -0.4 is 10.2 Å². The molecule has 0 saturated carbocycles. The molecule has 1 aliphatic heterocycles. The van der Waals surface area contributed by atoms with Crippen molar-refractivity contribution in [1.82, 2.24) is 5.43 Å². The Balaban J connectivity index is 1.87. The standard InChI is InChI=1S/C23H24N2O2S2/c1-2-18-11-21-14-22(13-18)27-16-19-7-6-8-20(12-19)17-29-28-10-5-3-4-9-23(26)25-24-15-21/h1,6-8,11-15H,3-5,9-10,16-17H2,(H,25,26)/b24-15+/i10D2,17D2. The second-order valence-corrected chi connectivity index (χ2v) is 8.16. The lowest BCUT2D eigenvalue weighted by Gasteiger charge is -2.10. The van der Waals surface area contributed by atoms with Crippen molar-refractivity contribution in [3.8, 4) is 18.1 Å². The lowest BCUT2D eigenvalue weighted by molar-refractivity contribution is -0.121. The molecule has 0 saturated heterocycles. The molecule has 1 heterocycles. The highest BCUT2D eigenvalue weighted by atomic mass is 33.1. The number of ether oxygens (including phenoxy) is 1. The van der Waals surface area contributed by atoms with E-state index in [1.54, 1.807) is 36.4 Å². The van der Waals surface area contributed by atoms with Crippen molar-refractivity contribution < 1.29 is 15.0 Å². The van der Waals surface area contributed by atoms with Gasteiger partial charge in [0.1, 0.15) is 12.4 Å². The van der Waals surface area contributed by atoms with Crippen LogP contribution in [0, 0.1) is 12.3 Å². The third-order valence-electron chi connectivity index (χ3n) is 4.02. The van der Waals surface area contributed by atoms with Gasteiger partial charge in [-0.05, 0) is 47.7 Å². The fourth-order valence-corrected chi connectivity index (χ4v) is 4.00. The zero-order chi connectivity index (χ0) is 23.9. The smallest absolute Gasteiger partial charge is 0.240 e. The second-order valence-electron chi connectivity index (χ2n) is 6.34. The molecule has 29 heavy (non-hydrogen) atoms. The van der Waals surface area contributed by atoms with Gasteiger partial charge in [0.15, 0.2) is 0 Å². The first-order valence-corrected chi connectivity index (χ1v) is 11.3. The summed E-state index contributed by atoms with van der Waals surface area (Å²) in [7, 11) is 1.74. The number of hydrazone groups is 1. The number of nitrogens with zero attached hydrogens (tertiary/aromatic N) is 1. The van der Waals surface area contributed by atoms with E-state index in [1.807, 2.05) is 6.07 Å². The van der Waals surface area contributed by atoms with Crippen LogP contribution in [0.1, 0.15) is 53.4 Å². The highest BCUT2D eigenvalue weighted by Gasteiger charge is 2.04. The van der Waals surface area contributed by atoms with Crippen LogP contribution >= 0.6 is 21.6 Å². The fourth-order valence-electron chi connectivity index (χ4n) is 2.61. The summed E-state index contributed by atoms with van der Waals surface area (Å²) >= 11 is 0. The van der Waals surface area contributed by atoms with E-state index in [4.69, 9.17) is 16.6 Å². The highest BCUT2D eigenvalue weighted by Crippen LogP contribution is 2.27. The van der Waals surface area contributed by atoms with E-state index in [0.29, 0.717) is 35.3 Å². The molecule has 0 unspecified atom stereocenters. The van der Waals surface area contributed by atoms with Gasteiger partial charge in [0.2, 0.25) is 5.91 Å². The predicted molar refractivity (Wildman–Crippen MR) is 123 cm³/mol. The summed E-state index contributed by atoms with van der Waals surface area (Å²) in [5, 5.41) is 3.98. The van der Waals surface area contributed by atoms with E-state index in [2.05, 4.69) is 16.4 Å². The van der Waals surface area contributed by atoms with E-state index in [1.165, 1.54) is 6.21 Å². The van der Waals surface area contributed by atoms with E-state index >= 15 is 0 Å². The van der Waals surface area contributed by atoms with Crippen LogP contribution in [0.4, 0.5) is 0 Å². The van der Waals surface area contributed by atoms with Crippen LogP contribution in [0.25, 0.3) is 0 Å². The van der Waals surface area contributed by atoms with Gasteiger partial charge in [-0.2, -0.15) is 5.10 Å². The molecule has 0 aliphatic carbocycles. The van der Waals surface area contributed by atoms with E-state index in [0.717, 1.165) is 27.2 Å². The Morgan fingerprint density at radius 1 is 1.14 bits per heavy atom. The number of terminal acetylenes is 1. The van der Waals surface area contributed by atoms with Gasteiger partial charge in [-0.15, -0.1) is 6.42 Å². The van der Waals surface area contributed by atoms with E-state index in [-0.39, 0.29) is 25.4 Å². The van der Waals surface area contributed by atoms with Gasteiger partial charge in [0, 0.05) is 28.9 Å². The average molecular weight is 429 g/mol. The average Bonchev–Trinajstić information content (AvgIpc) is 2.79. The number of nitrogens with one attached hydrogen (secondary N) is 1. The normalized spacial score (nSPS) is 22.8. The molecule has 0 spiro atoms. The summed E-state index contributed by atoms with van der Waals surface area (Å²) in [5.74, 6) is 2.84. The molecule has 0 fully saturated rings. The molecule has 0 radical (unpaired) electrons. The molecule has 4 bridgehead atoms. The number of benzene rings is 2. The van der Waals surface area contributed by atoms with Crippen LogP contribution in [0.5, 0.6) is 5.75 Å². The molecule has 2 aromatic rings. The summed E-state index contributed by atoms with van der Waals surface area (Å²) in [6.07, 6.45) is 8.49. The number of hydrogen-bond acceptors (Lipinski definition) is 5. The molecule has 6 heteroatoms. The van der Waals surface area contributed by atoms with Crippen LogP contribution in [-0.2, 0) is 17.1 Å². The quantitative estimate of drug-likeness (QED) is 0.466. The Bertz CT molecular complexity index is 1070. The fraction of sp³-hybridized carbons (Fsp3) is 0.304. The molecule has 1 amide bonds. The Hall–Kier alpha value is -2.36. The van der Waals surface area contributed by atoms with Crippen LogP contribution in [-0.4, -0.2) is 17.8 Å². The lowest BCUT2D eigenvalue weighted by Crippen LogP contribution is -2.16.